The molecule has 2 heterocycles. The van der Waals surface area contributed by atoms with Crippen molar-refractivity contribution in [1.82, 2.24) is 4.90 Å². The summed E-state index contributed by atoms with van der Waals surface area (Å²) < 4.78 is 0. The largest absolute Gasteiger partial charge is 0.506 e. The average Bonchev–Trinajstić information content (AvgIpc) is 3.10. The van der Waals surface area contributed by atoms with E-state index in [0.29, 0.717) is 35.5 Å². The lowest BCUT2D eigenvalue weighted by Gasteiger charge is -2.41. The van der Waals surface area contributed by atoms with Crippen molar-refractivity contribution in [2.45, 2.75) is 19.0 Å². The molecule has 0 bridgehead atoms. The minimum absolute atomic E-state index is 0.000354. The van der Waals surface area contributed by atoms with Gasteiger partial charge in [-0.25, -0.2) is 0 Å². The molecule has 3 aromatic carbocycles. The van der Waals surface area contributed by atoms with Crippen LogP contribution in [0, 0.1) is 0 Å². The Morgan fingerprint density at radius 2 is 1.56 bits per heavy atom. The van der Waals surface area contributed by atoms with Gasteiger partial charge in [-0.05, 0) is 36.8 Å². The second kappa shape index (κ2) is 7.85. The molecule has 160 valence electrons. The van der Waals surface area contributed by atoms with Crippen molar-refractivity contribution in [1.29, 1.82) is 0 Å². The molecule has 2 aliphatic rings. The first-order valence-electron chi connectivity index (χ1n) is 10.5. The molecule has 0 spiro atoms. The van der Waals surface area contributed by atoms with Gasteiger partial charge in [0.1, 0.15) is 11.9 Å². The van der Waals surface area contributed by atoms with Crippen LogP contribution in [0.3, 0.4) is 0 Å². The number of rotatable bonds is 5. The number of carbonyl (C=O) groups excluding carboxylic acids is 3. The third-order valence-corrected chi connectivity index (χ3v) is 5.86. The zero-order valence-electron chi connectivity index (χ0n) is 17.2. The van der Waals surface area contributed by atoms with Crippen LogP contribution in [-0.2, 0) is 4.79 Å². The minimum Gasteiger partial charge on any atom is -0.506 e. The van der Waals surface area contributed by atoms with Gasteiger partial charge < -0.3 is 15.3 Å². The summed E-state index contributed by atoms with van der Waals surface area (Å²) in [5.41, 5.74) is 2.81. The Morgan fingerprint density at radius 1 is 0.875 bits per heavy atom. The fourth-order valence-electron chi connectivity index (χ4n) is 4.40. The third kappa shape index (κ3) is 3.19. The number of benzene rings is 3. The number of nitrogens with zero attached hydrogens (tertiary/aromatic N) is 2. The summed E-state index contributed by atoms with van der Waals surface area (Å²) in [6.07, 6.45) is 0.0539. The van der Waals surface area contributed by atoms with Crippen LogP contribution in [0.15, 0.2) is 72.8 Å². The maximum absolute atomic E-state index is 13.3. The zero-order valence-corrected chi connectivity index (χ0v) is 17.2. The standard InChI is InChI=1S/C25H21N3O4/c29-21-13-6-4-11-19(21)26-22(30)14-7-15-27-23-16-8-1-2-9-17(16)25(32)28(23)20-12-5-3-10-18(20)24(27)31/h1-6,8-13,23,29H,7,14-15H2,(H,26,30). The number of nitrogens with one attached hydrogen (secondary N) is 1. The number of hydrogen-bond acceptors (Lipinski definition) is 4. The Hall–Kier alpha value is -4.13. The fraction of sp³-hybridized carbons (Fsp3) is 0.160. The van der Waals surface area contributed by atoms with Crippen LogP contribution >= 0.6 is 0 Å². The van der Waals surface area contributed by atoms with Gasteiger partial charge in [-0.2, -0.15) is 0 Å². The highest BCUT2D eigenvalue weighted by Gasteiger charge is 2.47. The molecule has 7 nitrogen and oxygen atoms in total. The van der Waals surface area contributed by atoms with E-state index in [4.69, 9.17) is 0 Å². The van der Waals surface area contributed by atoms with Crippen molar-refractivity contribution in [2.24, 2.45) is 0 Å². The van der Waals surface area contributed by atoms with Crippen LogP contribution in [0.25, 0.3) is 0 Å². The van der Waals surface area contributed by atoms with Crippen LogP contribution in [0.5, 0.6) is 5.75 Å². The number of aromatic hydroxyl groups is 1. The predicted molar refractivity (Wildman–Crippen MR) is 119 cm³/mol. The molecule has 0 radical (unpaired) electrons. The Kier molecular flexibility index (Phi) is 4.86. The summed E-state index contributed by atoms with van der Waals surface area (Å²) in [5, 5.41) is 12.5. The summed E-state index contributed by atoms with van der Waals surface area (Å²) >= 11 is 0. The summed E-state index contributed by atoms with van der Waals surface area (Å²) in [7, 11) is 0. The van der Waals surface area contributed by atoms with E-state index < -0.39 is 6.17 Å². The number of hydrogen-bond donors (Lipinski definition) is 2. The van der Waals surface area contributed by atoms with Crippen LogP contribution < -0.4 is 10.2 Å². The minimum atomic E-state index is -0.526. The van der Waals surface area contributed by atoms with Crippen molar-refractivity contribution < 1.29 is 19.5 Å². The van der Waals surface area contributed by atoms with Crippen molar-refractivity contribution in [2.75, 3.05) is 16.8 Å². The number of amides is 3. The molecule has 2 N–H and O–H groups in total. The molecule has 0 aliphatic carbocycles. The first-order valence-corrected chi connectivity index (χ1v) is 10.5. The van der Waals surface area contributed by atoms with Gasteiger partial charge in [-0.15, -0.1) is 0 Å². The van der Waals surface area contributed by atoms with E-state index in [1.54, 1.807) is 52.3 Å². The molecule has 0 saturated carbocycles. The Morgan fingerprint density at radius 3 is 2.38 bits per heavy atom. The lowest BCUT2D eigenvalue weighted by molar-refractivity contribution is -0.116. The average molecular weight is 427 g/mol. The number of phenolic OH excluding ortho intramolecular Hbond substituents is 1. The highest BCUT2D eigenvalue weighted by Crippen LogP contribution is 2.45. The smallest absolute Gasteiger partial charge is 0.260 e. The molecule has 32 heavy (non-hydrogen) atoms. The lowest BCUT2D eigenvalue weighted by atomic mass is 10.0. The van der Waals surface area contributed by atoms with Crippen LogP contribution in [0.1, 0.15) is 45.3 Å². The predicted octanol–water partition coefficient (Wildman–Crippen LogP) is 3.93. The topological polar surface area (TPSA) is 90.0 Å². The van der Waals surface area contributed by atoms with Crippen LogP contribution in [-0.4, -0.2) is 34.3 Å². The molecule has 0 aromatic heterocycles. The molecule has 3 aromatic rings. The second-order valence-corrected chi connectivity index (χ2v) is 7.82. The fourth-order valence-corrected chi connectivity index (χ4v) is 4.40. The quantitative estimate of drug-likeness (QED) is 0.604. The second-order valence-electron chi connectivity index (χ2n) is 7.82. The van der Waals surface area contributed by atoms with Crippen molar-refractivity contribution >= 4 is 29.1 Å². The van der Waals surface area contributed by atoms with E-state index in [0.717, 1.165) is 5.56 Å². The van der Waals surface area contributed by atoms with E-state index >= 15 is 0 Å². The normalized spacial score (nSPS) is 16.4. The molecule has 1 atom stereocenters. The van der Waals surface area contributed by atoms with Gasteiger partial charge in [0, 0.05) is 24.1 Å². The Bertz CT molecular complexity index is 1240. The maximum Gasteiger partial charge on any atom is 0.260 e. The molecular formula is C25H21N3O4. The summed E-state index contributed by atoms with van der Waals surface area (Å²) in [4.78, 5) is 42.2. The highest BCUT2D eigenvalue weighted by atomic mass is 16.3. The number of carbonyl (C=O) groups is 3. The van der Waals surface area contributed by atoms with Gasteiger partial charge in [0.2, 0.25) is 5.91 Å². The SMILES string of the molecule is O=C(CCCN1C(=O)c2ccccc2N2C(=O)c3ccccc3C12)Nc1ccccc1O. The van der Waals surface area contributed by atoms with Crippen molar-refractivity contribution in [3.63, 3.8) is 0 Å². The Labute approximate surface area is 184 Å². The molecule has 1 unspecified atom stereocenters. The molecule has 7 heteroatoms. The summed E-state index contributed by atoms with van der Waals surface area (Å²) in [5.74, 6) is -0.545. The lowest BCUT2D eigenvalue weighted by Crippen LogP contribution is -2.48. The number of para-hydroxylation sites is 3. The summed E-state index contributed by atoms with van der Waals surface area (Å²) in [6, 6.07) is 21.0. The van der Waals surface area contributed by atoms with E-state index in [9.17, 15) is 19.5 Å². The van der Waals surface area contributed by atoms with Crippen molar-refractivity contribution in [3.8, 4) is 5.75 Å². The molecule has 2 aliphatic heterocycles. The van der Waals surface area contributed by atoms with E-state index in [1.807, 2.05) is 24.3 Å². The highest BCUT2D eigenvalue weighted by molar-refractivity contribution is 6.16. The molecule has 0 fully saturated rings. The third-order valence-electron chi connectivity index (χ3n) is 5.86. The van der Waals surface area contributed by atoms with Gasteiger partial charge in [0.25, 0.3) is 11.8 Å². The first-order chi connectivity index (χ1) is 15.6. The number of phenols is 1. The molecule has 5 rings (SSSR count). The van der Waals surface area contributed by atoms with Gasteiger partial charge in [0.05, 0.1) is 16.9 Å². The molecule has 0 saturated heterocycles. The Balaban J connectivity index is 1.38. The van der Waals surface area contributed by atoms with Gasteiger partial charge in [-0.3, -0.25) is 19.3 Å². The van der Waals surface area contributed by atoms with Crippen molar-refractivity contribution in [3.05, 3.63) is 89.5 Å². The monoisotopic (exact) mass is 427 g/mol. The zero-order chi connectivity index (χ0) is 22.2. The van der Waals surface area contributed by atoms with Gasteiger partial charge >= 0.3 is 0 Å². The molecule has 3 amide bonds. The summed E-state index contributed by atoms with van der Waals surface area (Å²) in [6.45, 7) is 0.310. The van der Waals surface area contributed by atoms with Crippen LogP contribution in [0.2, 0.25) is 0 Å². The van der Waals surface area contributed by atoms with E-state index in [2.05, 4.69) is 5.32 Å². The van der Waals surface area contributed by atoms with E-state index in [-0.39, 0.29) is 29.9 Å². The first kappa shape index (κ1) is 19.8. The van der Waals surface area contributed by atoms with Gasteiger partial charge in [-0.1, -0.05) is 42.5 Å². The van der Waals surface area contributed by atoms with Crippen LogP contribution in [0.4, 0.5) is 11.4 Å². The van der Waals surface area contributed by atoms with Gasteiger partial charge in [0.15, 0.2) is 0 Å². The maximum atomic E-state index is 13.3. The number of fused-ring (bicyclic) bond motifs is 5. The molecular weight excluding hydrogens is 406 g/mol. The number of anilines is 2. The van der Waals surface area contributed by atoms with E-state index in [1.165, 1.54) is 6.07 Å².